The average molecular weight is 452 g/mol. The molecule has 0 aromatic heterocycles. The van der Waals surface area contributed by atoms with Crippen molar-refractivity contribution in [1.29, 1.82) is 0 Å². The van der Waals surface area contributed by atoms with Crippen LogP contribution in [-0.4, -0.2) is 60.8 Å². The molecule has 1 amide bonds. The Kier molecular flexibility index (Phi) is 6.84. The second-order valence-electron chi connectivity index (χ2n) is 10.4. The molecule has 2 aliphatic heterocycles. The fraction of sp³-hybridized carbons (Fsp3) is 0.519. The van der Waals surface area contributed by atoms with E-state index in [0.717, 1.165) is 57.0 Å². The van der Waals surface area contributed by atoms with Crippen molar-refractivity contribution >= 4 is 11.8 Å². The Balaban J connectivity index is 1.48. The van der Waals surface area contributed by atoms with Gasteiger partial charge in [-0.2, -0.15) is 0 Å². The van der Waals surface area contributed by atoms with Crippen LogP contribution in [0, 0.1) is 5.41 Å². The van der Waals surface area contributed by atoms with Crippen LogP contribution in [0.25, 0.3) is 0 Å². The van der Waals surface area contributed by atoms with Crippen molar-refractivity contribution in [1.82, 2.24) is 9.80 Å². The number of methoxy groups -OCH3 is 1. The monoisotopic (exact) mass is 451 g/mol. The van der Waals surface area contributed by atoms with Crippen molar-refractivity contribution in [3.63, 3.8) is 0 Å². The number of nitrogens with zero attached hydrogens (tertiary/aromatic N) is 2. The second kappa shape index (κ2) is 9.64. The van der Waals surface area contributed by atoms with Gasteiger partial charge in [-0.15, -0.1) is 0 Å². The third kappa shape index (κ3) is 5.80. The summed E-state index contributed by atoms with van der Waals surface area (Å²) in [7, 11) is 1.69. The SMILES string of the molecule is COc1ccc(NC2CN(Cc3ccccc3)CC23CCN(C(=O)OC(C)(C)C)CC3)cc1. The van der Waals surface area contributed by atoms with E-state index in [2.05, 4.69) is 52.7 Å². The maximum Gasteiger partial charge on any atom is 0.410 e. The van der Waals surface area contributed by atoms with Gasteiger partial charge in [0.15, 0.2) is 0 Å². The van der Waals surface area contributed by atoms with Gasteiger partial charge >= 0.3 is 6.09 Å². The number of rotatable bonds is 5. The maximum absolute atomic E-state index is 12.6. The van der Waals surface area contributed by atoms with Crippen LogP contribution in [0.3, 0.4) is 0 Å². The molecule has 178 valence electrons. The Morgan fingerprint density at radius 3 is 2.33 bits per heavy atom. The number of amides is 1. The molecule has 0 saturated carbocycles. The Labute approximate surface area is 197 Å². The lowest BCUT2D eigenvalue weighted by molar-refractivity contribution is 0.0100. The van der Waals surface area contributed by atoms with E-state index in [1.807, 2.05) is 37.8 Å². The molecule has 2 heterocycles. The van der Waals surface area contributed by atoms with E-state index >= 15 is 0 Å². The Morgan fingerprint density at radius 1 is 1.06 bits per heavy atom. The van der Waals surface area contributed by atoms with Gasteiger partial charge in [0.05, 0.1) is 7.11 Å². The minimum absolute atomic E-state index is 0.118. The number of likely N-dealkylation sites (tertiary alicyclic amines) is 2. The van der Waals surface area contributed by atoms with Gasteiger partial charge in [0.2, 0.25) is 0 Å². The Hall–Kier alpha value is -2.73. The molecule has 2 fully saturated rings. The minimum atomic E-state index is -0.468. The number of carbonyl (C=O) groups excluding carboxylic acids is 1. The van der Waals surface area contributed by atoms with Crippen molar-refractivity contribution in [2.45, 2.75) is 51.8 Å². The zero-order valence-corrected chi connectivity index (χ0v) is 20.3. The van der Waals surface area contributed by atoms with Crippen LogP contribution in [0.5, 0.6) is 5.75 Å². The number of benzene rings is 2. The van der Waals surface area contributed by atoms with Crippen LogP contribution >= 0.6 is 0 Å². The number of nitrogens with one attached hydrogen (secondary N) is 1. The van der Waals surface area contributed by atoms with E-state index < -0.39 is 5.60 Å². The number of anilines is 1. The highest BCUT2D eigenvalue weighted by atomic mass is 16.6. The first kappa shape index (κ1) is 23.4. The first-order valence-electron chi connectivity index (χ1n) is 11.9. The third-order valence-electron chi connectivity index (χ3n) is 6.81. The molecule has 2 aliphatic rings. The third-order valence-corrected chi connectivity index (χ3v) is 6.81. The fourth-order valence-corrected chi connectivity index (χ4v) is 5.09. The molecule has 1 N–H and O–H groups in total. The molecular formula is C27H37N3O3. The topological polar surface area (TPSA) is 54.0 Å². The molecule has 6 heteroatoms. The van der Waals surface area contributed by atoms with Crippen molar-refractivity contribution in [2.24, 2.45) is 5.41 Å². The summed E-state index contributed by atoms with van der Waals surface area (Å²) in [6.45, 7) is 10.2. The number of carbonyl (C=O) groups is 1. The highest BCUT2D eigenvalue weighted by Crippen LogP contribution is 2.43. The van der Waals surface area contributed by atoms with Crippen LogP contribution < -0.4 is 10.1 Å². The molecule has 1 spiro atoms. The van der Waals surface area contributed by atoms with Crippen molar-refractivity contribution < 1.29 is 14.3 Å². The summed E-state index contributed by atoms with van der Waals surface area (Å²) in [4.78, 5) is 17.1. The van der Waals surface area contributed by atoms with Gasteiger partial charge in [0.25, 0.3) is 0 Å². The summed E-state index contributed by atoms with van der Waals surface area (Å²) in [5.41, 5.74) is 2.10. The van der Waals surface area contributed by atoms with Gasteiger partial charge in [-0.3, -0.25) is 4.90 Å². The standard InChI is InChI=1S/C27H37N3O3/c1-26(2,3)33-25(31)30-16-14-27(15-17-30)20-29(18-21-8-6-5-7-9-21)19-24(27)28-22-10-12-23(32-4)13-11-22/h5-13,24,28H,14-20H2,1-4H3. The number of piperidine rings is 1. The number of ether oxygens (including phenoxy) is 2. The Bertz CT molecular complexity index is 916. The van der Waals surface area contributed by atoms with Gasteiger partial charge in [-0.25, -0.2) is 4.79 Å². The lowest BCUT2D eigenvalue weighted by Gasteiger charge is -2.43. The van der Waals surface area contributed by atoms with Crippen LogP contribution in [0.4, 0.5) is 10.5 Å². The fourth-order valence-electron chi connectivity index (χ4n) is 5.09. The van der Waals surface area contributed by atoms with E-state index in [1.54, 1.807) is 7.11 Å². The number of hydrogen-bond acceptors (Lipinski definition) is 5. The van der Waals surface area contributed by atoms with E-state index in [4.69, 9.17) is 9.47 Å². The molecule has 2 aromatic rings. The van der Waals surface area contributed by atoms with Gasteiger partial charge < -0.3 is 19.7 Å². The van der Waals surface area contributed by atoms with Crippen molar-refractivity contribution in [3.05, 3.63) is 60.2 Å². The minimum Gasteiger partial charge on any atom is -0.497 e. The average Bonchev–Trinajstić information content (AvgIpc) is 3.10. The summed E-state index contributed by atoms with van der Waals surface area (Å²) in [5.74, 6) is 0.859. The van der Waals surface area contributed by atoms with Crippen LogP contribution in [0.2, 0.25) is 0 Å². The zero-order chi connectivity index (χ0) is 23.5. The lowest BCUT2D eigenvalue weighted by atomic mass is 9.74. The molecule has 0 radical (unpaired) electrons. The Morgan fingerprint density at radius 2 is 1.73 bits per heavy atom. The summed E-state index contributed by atoms with van der Waals surface area (Å²) >= 11 is 0. The molecule has 1 atom stereocenters. The normalized spacial score (nSPS) is 20.6. The van der Waals surface area contributed by atoms with E-state index in [9.17, 15) is 4.79 Å². The summed E-state index contributed by atoms with van der Waals surface area (Å²) in [5, 5.41) is 3.82. The first-order chi connectivity index (χ1) is 15.8. The number of hydrogen-bond donors (Lipinski definition) is 1. The van der Waals surface area contributed by atoms with Crippen molar-refractivity contribution in [2.75, 3.05) is 38.6 Å². The summed E-state index contributed by atoms with van der Waals surface area (Å²) < 4.78 is 10.9. The van der Waals surface area contributed by atoms with Gasteiger partial charge in [0, 0.05) is 49.9 Å². The predicted molar refractivity (Wildman–Crippen MR) is 132 cm³/mol. The predicted octanol–water partition coefficient (Wildman–Crippen LogP) is 5.01. The molecular weight excluding hydrogens is 414 g/mol. The lowest BCUT2D eigenvalue weighted by Crippen LogP contribution is -2.50. The van der Waals surface area contributed by atoms with Crippen molar-refractivity contribution in [3.8, 4) is 5.75 Å². The molecule has 6 nitrogen and oxygen atoms in total. The molecule has 2 saturated heterocycles. The van der Waals surface area contributed by atoms with Crippen LogP contribution in [0.1, 0.15) is 39.2 Å². The zero-order valence-electron chi connectivity index (χ0n) is 20.3. The molecule has 0 aliphatic carbocycles. The smallest absolute Gasteiger partial charge is 0.410 e. The first-order valence-corrected chi connectivity index (χ1v) is 11.9. The molecule has 0 bridgehead atoms. The molecule has 2 aromatic carbocycles. The van der Waals surface area contributed by atoms with Gasteiger partial charge in [-0.1, -0.05) is 30.3 Å². The molecule has 4 rings (SSSR count). The highest BCUT2D eigenvalue weighted by molar-refractivity contribution is 5.68. The van der Waals surface area contributed by atoms with E-state index in [0.29, 0.717) is 6.04 Å². The molecule has 33 heavy (non-hydrogen) atoms. The van der Waals surface area contributed by atoms with Gasteiger partial charge in [0.1, 0.15) is 11.4 Å². The summed E-state index contributed by atoms with van der Waals surface area (Å²) in [6, 6.07) is 19.1. The van der Waals surface area contributed by atoms with E-state index in [1.165, 1.54) is 5.56 Å². The molecule has 1 unspecified atom stereocenters. The van der Waals surface area contributed by atoms with Crippen LogP contribution in [0.15, 0.2) is 54.6 Å². The van der Waals surface area contributed by atoms with Crippen LogP contribution in [-0.2, 0) is 11.3 Å². The highest BCUT2D eigenvalue weighted by Gasteiger charge is 2.48. The maximum atomic E-state index is 12.6. The quantitative estimate of drug-likeness (QED) is 0.693. The van der Waals surface area contributed by atoms with E-state index in [-0.39, 0.29) is 11.5 Å². The summed E-state index contributed by atoms with van der Waals surface area (Å²) in [6.07, 6.45) is 1.73. The van der Waals surface area contributed by atoms with Gasteiger partial charge in [-0.05, 0) is 63.4 Å². The second-order valence-corrected chi connectivity index (χ2v) is 10.4. The largest absolute Gasteiger partial charge is 0.497 e.